The number of amides is 1. The second-order valence-electron chi connectivity index (χ2n) is 2.91. The van der Waals surface area contributed by atoms with Crippen molar-refractivity contribution in [2.24, 2.45) is 0 Å². The molecule has 1 aromatic rings. The lowest BCUT2D eigenvalue weighted by molar-refractivity contribution is -0.118. The molecule has 0 saturated heterocycles. The number of hydrogen-bond acceptors (Lipinski definition) is 3. The molecular formula is C11H12N2O2. The summed E-state index contributed by atoms with van der Waals surface area (Å²) in [5, 5.41) is 11.9. The highest BCUT2D eigenvalue weighted by atomic mass is 16.3. The maximum Gasteiger partial charge on any atom is 0.216 e. The average Bonchev–Trinajstić information content (AvgIpc) is 2.20. The van der Waals surface area contributed by atoms with Gasteiger partial charge in [0.25, 0.3) is 0 Å². The molecule has 0 bridgehead atoms. The van der Waals surface area contributed by atoms with Crippen LogP contribution in [0.4, 0.5) is 0 Å². The van der Waals surface area contributed by atoms with E-state index in [0.29, 0.717) is 18.7 Å². The Hall–Kier alpha value is -2.02. The lowest BCUT2D eigenvalue weighted by atomic mass is 10.3. The van der Waals surface area contributed by atoms with Crippen molar-refractivity contribution >= 4 is 5.91 Å². The van der Waals surface area contributed by atoms with Gasteiger partial charge < -0.3 is 10.4 Å². The fourth-order valence-electron chi connectivity index (χ4n) is 0.940. The minimum Gasteiger partial charge on any atom is -0.505 e. The molecule has 1 rings (SSSR count). The largest absolute Gasteiger partial charge is 0.505 e. The molecule has 0 aliphatic heterocycles. The molecule has 0 fully saturated rings. The molecule has 0 atom stereocenters. The first-order valence-corrected chi connectivity index (χ1v) is 4.57. The molecule has 1 aromatic heterocycles. The number of pyridine rings is 1. The Bertz CT molecular complexity index is 405. The van der Waals surface area contributed by atoms with Crippen molar-refractivity contribution in [1.29, 1.82) is 0 Å². The molecule has 2 N–H and O–H groups in total. The quantitative estimate of drug-likeness (QED) is 0.549. The van der Waals surface area contributed by atoms with E-state index in [1.165, 1.54) is 13.0 Å². The van der Waals surface area contributed by atoms with Crippen LogP contribution in [0.5, 0.6) is 5.75 Å². The number of carbonyl (C=O) groups is 1. The average molecular weight is 204 g/mol. The molecule has 0 aliphatic rings. The van der Waals surface area contributed by atoms with Crippen LogP contribution in [-0.4, -0.2) is 22.5 Å². The number of nitrogens with one attached hydrogen (secondary N) is 1. The Labute approximate surface area is 88.3 Å². The summed E-state index contributed by atoms with van der Waals surface area (Å²) < 4.78 is 0. The van der Waals surface area contributed by atoms with E-state index < -0.39 is 0 Å². The van der Waals surface area contributed by atoms with Gasteiger partial charge in [0.05, 0.1) is 0 Å². The Balaban J connectivity index is 2.45. The molecule has 0 aromatic carbocycles. The lowest BCUT2D eigenvalue weighted by Gasteiger charge is -1.95. The highest BCUT2D eigenvalue weighted by molar-refractivity contribution is 5.72. The topological polar surface area (TPSA) is 62.2 Å². The van der Waals surface area contributed by atoms with Crippen LogP contribution in [0.2, 0.25) is 0 Å². The second kappa shape index (κ2) is 5.66. The predicted molar refractivity (Wildman–Crippen MR) is 56.1 cm³/mol. The SMILES string of the molecule is CC(=O)NCCC#Cc1ncccc1O. The monoisotopic (exact) mass is 204 g/mol. The Morgan fingerprint density at radius 1 is 1.67 bits per heavy atom. The van der Waals surface area contributed by atoms with Gasteiger partial charge in [-0.05, 0) is 18.1 Å². The fraction of sp³-hybridized carbons (Fsp3) is 0.273. The van der Waals surface area contributed by atoms with Gasteiger partial charge in [0.2, 0.25) is 5.91 Å². The summed E-state index contributed by atoms with van der Waals surface area (Å²) in [6.07, 6.45) is 2.10. The van der Waals surface area contributed by atoms with E-state index in [0.717, 1.165) is 0 Å². The molecule has 0 radical (unpaired) electrons. The zero-order valence-corrected chi connectivity index (χ0v) is 8.45. The molecule has 4 heteroatoms. The molecule has 0 unspecified atom stereocenters. The van der Waals surface area contributed by atoms with Crippen molar-refractivity contribution in [3.8, 4) is 17.6 Å². The van der Waals surface area contributed by atoms with Crippen molar-refractivity contribution in [3.63, 3.8) is 0 Å². The molecule has 1 heterocycles. The van der Waals surface area contributed by atoms with Crippen LogP contribution in [0, 0.1) is 11.8 Å². The number of aromatic hydroxyl groups is 1. The molecular weight excluding hydrogens is 192 g/mol. The molecule has 78 valence electrons. The first-order chi connectivity index (χ1) is 7.20. The maximum atomic E-state index is 10.5. The van der Waals surface area contributed by atoms with Crippen LogP contribution in [0.15, 0.2) is 18.3 Å². The molecule has 15 heavy (non-hydrogen) atoms. The molecule has 0 aliphatic carbocycles. The van der Waals surface area contributed by atoms with Crippen molar-refractivity contribution in [3.05, 3.63) is 24.0 Å². The molecule has 0 spiro atoms. The summed E-state index contributed by atoms with van der Waals surface area (Å²) in [7, 11) is 0. The van der Waals surface area contributed by atoms with Gasteiger partial charge in [-0.3, -0.25) is 4.79 Å². The third-order valence-corrected chi connectivity index (χ3v) is 1.62. The third-order valence-electron chi connectivity index (χ3n) is 1.62. The number of nitrogens with zero attached hydrogens (tertiary/aromatic N) is 1. The van der Waals surface area contributed by atoms with E-state index >= 15 is 0 Å². The standard InChI is InChI=1S/C11H12N2O2/c1-9(14)12-7-3-2-5-10-11(15)6-4-8-13-10/h4,6,8,15H,3,7H2,1H3,(H,12,14). The minimum absolute atomic E-state index is 0.0718. The van der Waals surface area contributed by atoms with E-state index in [2.05, 4.69) is 22.1 Å². The minimum atomic E-state index is -0.0718. The van der Waals surface area contributed by atoms with Crippen molar-refractivity contribution < 1.29 is 9.90 Å². The van der Waals surface area contributed by atoms with E-state index in [-0.39, 0.29) is 11.7 Å². The van der Waals surface area contributed by atoms with Crippen LogP contribution in [-0.2, 0) is 4.79 Å². The van der Waals surface area contributed by atoms with Gasteiger partial charge in [-0.1, -0.05) is 5.92 Å². The number of carbonyl (C=O) groups excluding carboxylic acids is 1. The summed E-state index contributed by atoms with van der Waals surface area (Å²) in [4.78, 5) is 14.4. The maximum absolute atomic E-state index is 10.5. The van der Waals surface area contributed by atoms with Gasteiger partial charge in [-0.15, -0.1) is 0 Å². The number of aromatic nitrogens is 1. The molecule has 1 amide bonds. The van der Waals surface area contributed by atoms with E-state index in [4.69, 9.17) is 0 Å². The Morgan fingerprint density at radius 2 is 2.47 bits per heavy atom. The van der Waals surface area contributed by atoms with Gasteiger partial charge >= 0.3 is 0 Å². The smallest absolute Gasteiger partial charge is 0.216 e. The highest BCUT2D eigenvalue weighted by Gasteiger charge is 1.94. The number of rotatable bonds is 2. The van der Waals surface area contributed by atoms with Crippen molar-refractivity contribution in [2.45, 2.75) is 13.3 Å². The lowest BCUT2D eigenvalue weighted by Crippen LogP contribution is -2.20. The zero-order chi connectivity index (χ0) is 11.1. The summed E-state index contributed by atoms with van der Waals surface area (Å²) in [5.74, 6) is 5.54. The Kier molecular flexibility index (Phi) is 4.17. The summed E-state index contributed by atoms with van der Waals surface area (Å²) in [6.45, 7) is 1.97. The van der Waals surface area contributed by atoms with Crippen LogP contribution in [0.1, 0.15) is 19.0 Å². The van der Waals surface area contributed by atoms with Crippen LogP contribution >= 0.6 is 0 Å². The van der Waals surface area contributed by atoms with Crippen molar-refractivity contribution in [2.75, 3.05) is 6.54 Å². The molecule has 4 nitrogen and oxygen atoms in total. The van der Waals surface area contributed by atoms with E-state index in [1.807, 2.05) is 0 Å². The fourth-order valence-corrected chi connectivity index (χ4v) is 0.940. The first kappa shape index (κ1) is 11.1. The zero-order valence-electron chi connectivity index (χ0n) is 8.45. The summed E-state index contributed by atoms with van der Waals surface area (Å²) in [5.41, 5.74) is 0.361. The summed E-state index contributed by atoms with van der Waals surface area (Å²) >= 11 is 0. The highest BCUT2D eigenvalue weighted by Crippen LogP contribution is 2.10. The van der Waals surface area contributed by atoms with Crippen LogP contribution in [0.25, 0.3) is 0 Å². The van der Waals surface area contributed by atoms with E-state index in [1.54, 1.807) is 12.3 Å². The van der Waals surface area contributed by atoms with Gasteiger partial charge in [0.1, 0.15) is 5.75 Å². The van der Waals surface area contributed by atoms with Gasteiger partial charge in [0, 0.05) is 26.1 Å². The van der Waals surface area contributed by atoms with Gasteiger partial charge in [0.15, 0.2) is 5.69 Å². The van der Waals surface area contributed by atoms with Crippen LogP contribution in [0.3, 0.4) is 0 Å². The first-order valence-electron chi connectivity index (χ1n) is 4.57. The van der Waals surface area contributed by atoms with Gasteiger partial charge in [-0.25, -0.2) is 4.98 Å². The predicted octanol–water partition coefficient (Wildman–Crippen LogP) is 0.665. The van der Waals surface area contributed by atoms with E-state index in [9.17, 15) is 9.90 Å². The normalized spacial score (nSPS) is 8.87. The second-order valence-corrected chi connectivity index (χ2v) is 2.91. The van der Waals surface area contributed by atoms with Crippen LogP contribution < -0.4 is 5.32 Å². The Morgan fingerprint density at radius 3 is 3.13 bits per heavy atom. The number of hydrogen-bond donors (Lipinski definition) is 2. The third kappa shape index (κ3) is 4.14. The van der Waals surface area contributed by atoms with Crippen molar-refractivity contribution in [1.82, 2.24) is 10.3 Å². The molecule has 0 saturated carbocycles. The summed E-state index contributed by atoms with van der Waals surface area (Å²) in [6, 6.07) is 3.17. The van der Waals surface area contributed by atoms with Gasteiger partial charge in [-0.2, -0.15) is 0 Å².